The lowest BCUT2D eigenvalue weighted by Gasteiger charge is -2.09. The molecule has 1 nitrogen and oxygen atoms in total. The van der Waals surface area contributed by atoms with Crippen molar-refractivity contribution in [3.8, 4) is 0 Å². The van der Waals surface area contributed by atoms with E-state index in [0.29, 0.717) is 10.6 Å². The van der Waals surface area contributed by atoms with Crippen LogP contribution in [-0.4, -0.2) is 5.11 Å². The first-order chi connectivity index (χ1) is 7.66. The molecule has 84 valence electrons. The molecule has 2 aromatic rings. The van der Waals surface area contributed by atoms with E-state index in [2.05, 4.69) is 0 Å². The molecule has 0 aliphatic carbocycles. The molecule has 0 aliphatic heterocycles. The number of hydrogen-bond acceptors (Lipinski definition) is 2. The van der Waals surface area contributed by atoms with E-state index in [1.807, 2.05) is 16.8 Å². The molecule has 1 heterocycles. The Morgan fingerprint density at radius 3 is 2.88 bits per heavy atom. The van der Waals surface area contributed by atoms with Gasteiger partial charge in [0.15, 0.2) is 0 Å². The van der Waals surface area contributed by atoms with Gasteiger partial charge in [-0.3, -0.25) is 0 Å². The van der Waals surface area contributed by atoms with Gasteiger partial charge in [0.1, 0.15) is 5.82 Å². The van der Waals surface area contributed by atoms with Gasteiger partial charge in [-0.25, -0.2) is 4.39 Å². The standard InChI is InChI=1S/C12H10ClFOS/c13-10-1-2-11(14)9(5-10)6-12(15)8-3-4-16-7-8/h1-5,7,12,15H,6H2. The molecule has 1 unspecified atom stereocenters. The zero-order valence-corrected chi connectivity index (χ0v) is 9.93. The van der Waals surface area contributed by atoms with Crippen LogP contribution in [0.2, 0.25) is 5.02 Å². The maximum atomic E-state index is 13.4. The van der Waals surface area contributed by atoms with Gasteiger partial charge in [0.05, 0.1) is 6.10 Å². The maximum Gasteiger partial charge on any atom is 0.126 e. The van der Waals surface area contributed by atoms with Crippen molar-refractivity contribution in [2.75, 3.05) is 0 Å². The van der Waals surface area contributed by atoms with E-state index in [1.165, 1.54) is 23.5 Å². The maximum absolute atomic E-state index is 13.4. The molecule has 1 N–H and O–H groups in total. The number of hydrogen-bond donors (Lipinski definition) is 1. The van der Waals surface area contributed by atoms with E-state index in [1.54, 1.807) is 6.07 Å². The molecule has 0 saturated carbocycles. The largest absolute Gasteiger partial charge is 0.388 e. The highest BCUT2D eigenvalue weighted by molar-refractivity contribution is 7.07. The Morgan fingerprint density at radius 1 is 1.38 bits per heavy atom. The van der Waals surface area contributed by atoms with Gasteiger partial charge in [-0.2, -0.15) is 11.3 Å². The Balaban J connectivity index is 2.17. The Morgan fingerprint density at radius 2 is 2.19 bits per heavy atom. The highest BCUT2D eigenvalue weighted by Crippen LogP contribution is 2.23. The minimum Gasteiger partial charge on any atom is -0.388 e. The second kappa shape index (κ2) is 4.95. The van der Waals surface area contributed by atoms with Crippen molar-refractivity contribution in [1.82, 2.24) is 0 Å². The van der Waals surface area contributed by atoms with Gasteiger partial charge >= 0.3 is 0 Å². The average Bonchev–Trinajstić information content (AvgIpc) is 2.76. The smallest absolute Gasteiger partial charge is 0.126 e. The van der Waals surface area contributed by atoms with Crippen LogP contribution in [0, 0.1) is 5.82 Å². The molecule has 1 aromatic carbocycles. The summed E-state index contributed by atoms with van der Waals surface area (Å²) in [5, 5.41) is 14.1. The molecular formula is C12H10ClFOS. The molecule has 0 bridgehead atoms. The minimum absolute atomic E-state index is 0.239. The van der Waals surface area contributed by atoms with Crippen LogP contribution in [0.5, 0.6) is 0 Å². The van der Waals surface area contributed by atoms with Crippen LogP contribution in [0.4, 0.5) is 4.39 Å². The summed E-state index contributed by atoms with van der Waals surface area (Å²) in [6.07, 6.45) is -0.442. The summed E-state index contributed by atoms with van der Waals surface area (Å²) in [6, 6.07) is 6.19. The summed E-state index contributed by atoms with van der Waals surface area (Å²) < 4.78 is 13.4. The molecule has 0 aliphatic rings. The minimum atomic E-state index is -0.681. The molecule has 16 heavy (non-hydrogen) atoms. The number of aliphatic hydroxyl groups is 1. The summed E-state index contributed by atoms with van der Waals surface area (Å²) in [5.74, 6) is -0.335. The first kappa shape index (κ1) is 11.6. The lowest BCUT2D eigenvalue weighted by molar-refractivity contribution is 0.177. The average molecular weight is 257 g/mol. The topological polar surface area (TPSA) is 20.2 Å². The van der Waals surface area contributed by atoms with Gasteiger partial charge in [-0.1, -0.05) is 11.6 Å². The van der Waals surface area contributed by atoms with Crippen LogP contribution in [0.1, 0.15) is 17.2 Å². The van der Waals surface area contributed by atoms with Crippen molar-refractivity contribution in [3.63, 3.8) is 0 Å². The van der Waals surface area contributed by atoms with Crippen LogP contribution in [0.15, 0.2) is 35.0 Å². The normalized spacial score (nSPS) is 12.7. The fourth-order valence-electron chi connectivity index (χ4n) is 1.49. The second-order valence-electron chi connectivity index (χ2n) is 3.51. The molecule has 1 atom stereocenters. The number of rotatable bonds is 3. The molecule has 0 radical (unpaired) electrons. The zero-order chi connectivity index (χ0) is 11.5. The highest BCUT2D eigenvalue weighted by atomic mass is 35.5. The fraction of sp³-hybridized carbons (Fsp3) is 0.167. The highest BCUT2D eigenvalue weighted by Gasteiger charge is 2.12. The zero-order valence-electron chi connectivity index (χ0n) is 8.36. The summed E-state index contributed by atoms with van der Waals surface area (Å²) in [5.41, 5.74) is 1.25. The fourth-order valence-corrected chi connectivity index (χ4v) is 2.39. The van der Waals surface area contributed by atoms with Gasteiger partial charge in [0.25, 0.3) is 0 Å². The van der Waals surface area contributed by atoms with Crippen molar-refractivity contribution < 1.29 is 9.50 Å². The van der Waals surface area contributed by atoms with Crippen LogP contribution >= 0.6 is 22.9 Å². The molecule has 0 amide bonds. The van der Waals surface area contributed by atoms with E-state index in [9.17, 15) is 9.50 Å². The predicted octanol–water partition coefficient (Wildman–Crippen LogP) is 3.82. The van der Waals surface area contributed by atoms with Gasteiger partial charge in [0.2, 0.25) is 0 Å². The van der Waals surface area contributed by atoms with Crippen molar-refractivity contribution in [2.45, 2.75) is 12.5 Å². The Kier molecular flexibility index (Phi) is 3.59. The summed E-state index contributed by atoms with van der Waals surface area (Å²) in [4.78, 5) is 0. The quantitative estimate of drug-likeness (QED) is 0.885. The van der Waals surface area contributed by atoms with E-state index < -0.39 is 6.10 Å². The number of aliphatic hydroxyl groups excluding tert-OH is 1. The van der Waals surface area contributed by atoms with Crippen LogP contribution in [0.3, 0.4) is 0 Å². The van der Waals surface area contributed by atoms with Gasteiger partial charge < -0.3 is 5.11 Å². The molecule has 2 rings (SSSR count). The van der Waals surface area contributed by atoms with Crippen molar-refractivity contribution >= 4 is 22.9 Å². The summed E-state index contributed by atoms with van der Waals surface area (Å²) in [6.45, 7) is 0. The number of benzene rings is 1. The molecular weight excluding hydrogens is 247 g/mol. The van der Waals surface area contributed by atoms with E-state index in [-0.39, 0.29) is 12.2 Å². The van der Waals surface area contributed by atoms with Gasteiger partial charge in [-0.15, -0.1) is 0 Å². The van der Waals surface area contributed by atoms with E-state index in [4.69, 9.17) is 11.6 Å². The molecule has 0 spiro atoms. The second-order valence-corrected chi connectivity index (χ2v) is 4.73. The molecule has 1 aromatic heterocycles. The van der Waals surface area contributed by atoms with Crippen LogP contribution in [-0.2, 0) is 6.42 Å². The summed E-state index contributed by atoms with van der Waals surface area (Å²) >= 11 is 7.28. The third kappa shape index (κ3) is 2.61. The van der Waals surface area contributed by atoms with Crippen molar-refractivity contribution in [1.29, 1.82) is 0 Å². The number of halogens is 2. The predicted molar refractivity (Wildman–Crippen MR) is 64.4 cm³/mol. The Hall–Kier alpha value is -0.900. The van der Waals surface area contributed by atoms with Gasteiger partial charge in [0, 0.05) is 11.4 Å². The summed E-state index contributed by atoms with van der Waals surface area (Å²) in [7, 11) is 0. The lowest BCUT2D eigenvalue weighted by Crippen LogP contribution is -2.02. The van der Waals surface area contributed by atoms with E-state index >= 15 is 0 Å². The van der Waals surface area contributed by atoms with Crippen LogP contribution in [0.25, 0.3) is 0 Å². The molecule has 0 saturated heterocycles. The first-order valence-electron chi connectivity index (χ1n) is 4.81. The third-order valence-corrected chi connectivity index (χ3v) is 3.29. The monoisotopic (exact) mass is 256 g/mol. The third-order valence-electron chi connectivity index (χ3n) is 2.35. The van der Waals surface area contributed by atoms with Crippen LogP contribution < -0.4 is 0 Å². The van der Waals surface area contributed by atoms with Crippen molar-refractivity contribution in [3.05, 3.63) is 57.0 Å². The van der Waals surface area contributed by atoms with E-state index in [0.717, 1.165) is 5.56 Å². The van der Waals surface area contributed by atoms with Crippen molar-refractivity contribution in [2.24, 2.45) is 0 Å². The molecule has 4 heteroatoms. The SMILES string of the molecule is OC(Cc1cc(Cl)ccc1F)c1ccsc1. The first-order valence-corrected chi connectivity index (χ1v) is 6.13. The Labute approximate surface area is 102 Å². The number of thiophene rings is 1. The Bertz CT molecular complexity index is 470. The molecule has 0 fully saturated rings. The lowest BCUT2D eigenvalue weighted by atomic mass is 10.0. The van der Waals surface area contributed by atoms with Gasteiger partial charge in [-0.05, 0) is 46.2 Å².